The van der Waals surface area contributed by atoms with Gasteiger partial charge in [0.15, 0.2) is 0 Å². The Labute approximate surface area is 116 Å². The SMILES string of the molecule is O=S(=O)(c1cc(Cl)cc(CCl)c1F)N1CCCC1. The standard InChI is InChI=1S/C11H12Cl2FNO2S/c12-7-8-5-9(13)6-10(11(8)14)18(16,17)15-3-1-2-4-15/h5-6H,1-4,7H2. The van der Waals surface area contributed by atoms with Crippen molar-refractivity contribution >= 4 is 33.2 Å². The summed E-state index contributed by atoms with van der Waals surface area (Å²) in [5, 5.41) is 0.171. The molecular weight excluding hydrogens is 300 g/mol. The molecule has 0 aliphatic carbocycles. The Morgan fingerprint density at radius 3 is 2.44 bits per heavy atom. The molecule has 3 nitrogen and oxygen atoms in total. The van der Waals surface area contributed by atoms with E-state index in [1.165, 1.54) is 10.4 Å². The van der Waals surface area contributed by atoms with Gasteiger partial charge in [0.25, 0.3) is 0 Å². The zero-order valence-corrected chi connectivity index (χ0v) is 11.8. The third kappa shape index (κ3) is 2.50. The molecular formula is C11H12Cl2FNO2S. The van der Waals surface area contributed by atoms with Gasteiger partial charge in [-0.25, -0.2) is 12.8 Å². The van der Waals surface area contributed by atoms with Crippen LogP contribution in [0.25, 0.3) is 0 Å². The van der Waals surface area contributed by atoms with Crippen LogP contribution in [0, 0.1) is 5.82 Å². The van der Waals surface area contributed by atoms with Crippen LogP contribution in [-0.4, -0.2) is 25.8 Å². The second-order valence-electron chi connectivity index (χ2n) is 4.12. The van der Waals surface area contributed by atoms with Gasteiger partial charge in [-0.3, -0.25) is 0 Å². The lowest BCUT2D eigenvalue weighted by atomic mass is 10.2. The van der Waals surface area contributed by atoms with Crippen LogP contribution in [0.5, 0.6) is 0 Å². The van der Waals surface area contributed by atoms with Crippen molar-refractivity contribution in [2.75, 3.05) is 13.1 Å². The van der Waals surface area contributed by atoms with E-state index in [1.54, 1.807) is 0 Å². The van der Waals surface area contributed by atoms with E-state index < -0.39 is 15.8 Å². The fourth-order valence-corrected chi connectivity index (χ4v) is 4.12. The monoisotopic (exact) mass is 311 g/mol. The maximum absolute atomic E-state index is 14.1. The molecule has 0 spiro atoms. The average Bonchev–Trinajstić information content (AvgIpc) is 2.85. The minimum absolute atomic E-state index is 0.0990. The molecule has 1 heterocycles. The Morgan fingerprint density at radius 2 is 1.89 bits per heavy atom. The number of sulfonamides is 1. The molecule has 0 unspecified atom stereocenters. The Morgan fingerprint density at radius 1 is 1.28 bits per heavy atom. The van der Waals surface area contributed by atoms with Crippen molar-refractivity contribution in [3.63, 3.8) is 0 Å². The van der Waals surface area contributed by atoms with E-state index in [2.05, 4.69) is 0 Å². The summed E-state index contributed by atoms with van der Waals surface area (Å²) >= 11 is 11.4. The van der Waals surface area contributed by atoms with Crippen molar-refractivity contribution in [3.05, 3.63) is 28.5 Å². The highest BCUT2D eigenvalue weighted by Crippen LogP contribution is 2.28. The highest BCUT2D eigenvalue weighted by Gasteiger charge is 2.30. The summed E-state index contributed by atoms with van der Waals surface area (Å²) in [6, 6.07) is 2.48. The molecule has 0 radical (unpaired) electrons. The molecule has 1 fully saturated rings. The number of hydrogen-bond donors (Lipinski definition) is 0. The third-order valence-electron chi connectivity index (χ3n) is 2.91. The van der Waals surface area contributed by atoms with Gasteiger partial charge >= 0.3 is 0 Å². The lowest BCUT2D eigenvalue weighted by Gasteiger charge is -2.17. The van der Waals surface area contributed by atoms with Gasteiger partial charge in [0.1, 0.15) is 10.7 Å². The van der Waals surface area contributed by atoms with Gasteiger partial charge in [-0.05, 0) is 25.0 Å². The first-order valence-corrected chi connectivity index (χ1v) is 7.86. The second kappa shape index (κ2) is 5.33. The minimum Gasteiger partial charge on any atom is -0.207 e. The molecule has 2 rings (SSSR count). The fraction of sp³-hybridized carbons (Fsp3) is 0.455. The molecule has 1 aliphatic rings. The van der Waals surface area contributed by atoms with Gasteiger partial charge in [-0.2, -0.15) is 4.31 Å². The second-order valence-corrected chi connectivity index (χ2v) is 6.73. The van der Waals surface area contributed by atoms with Crippen molar-refractivity contribution in [1.82, 2.24) is 4.31 Å². The van der Waals surface area contributed by atoms with Gasteiger partial charge < -0.3 is 0 Å². The van der Waals surface area contributed by atoms with Crippen LogP contribution in [0.4, 0.5) is 4.39 Å². The normalized spacial score (nSPS) is 17.3. The Bertz CT molecular complexity index is 556. The van der Waals surface area contributed by atoms with E-state index in [1.807, 2.05) is 0 Å². The van der Waals surface area contributed by atoms with Crippen molar-refractivity contribution < 1.29 is 12.8 Å². The first kappa shape index (κ1) is 14.1. The van der Waals surface area contributed by atoms with Crippen LogP contribution >= 0.6 is 23.2 Å². The number of nitrogens with zero attached hydrogens (tertiary/aromatic N) is 1. The van der Waals surface area contributed by atoms with Crippen LogP contribution < -0.4 is 0 Å². The van der Waals surface area contributed by atoms with Crippen LogP contribution in [0.1, 0.15) is 18.4 Å². The molecule has 0 bridgehead atoms. The summed E-state index contributed by atoms with van der Waals surface area (Å²) in [5.74, 6) is -0.921. The minimum atomic E-state index is -3.81. The molecule has 0 aromatic heterocycles. The molecule has 7 heteroatoms. The zero-order valence-electron chi connectivity index (χ0n) is 9.50. The predicted molar refractivity (Wildman–Crippen MR) is 69.0 cm³/mol. The average molecular weight is 312 g/mol. The Hall–Kier alpha value is -0.360. The van der Waals surface area contributed by atoms with Gasteiger partial charge in [0.05, 0.1) is 5.88 Å². The van der Waals surface area contributed by atoms with Gasteiger partial charge in [0.2, 0.25) is 10.0 Å². The number of alkyl halides is 1. The summed E-state index contributed by atoms with van der Waals surface area (Å²) in [5.41, 5.74) is 0.0990. The number of rotatable bonds is 3. The quantitative estimate of drug-likeness (QED) is 0.805. The van der Waals surface area contributed by atoms with Crippen LogP contribution in [0.3, 0.4) is 0 Å². The van der Waals surface area contributed by atoms with Gasteiger partial charge in [-0.15, -0.1) is 11.6 Å². The Kier molecular flexibility index (Phi) is 4.16. The smallest absolute Gasteiger partial charge is 0.207 e. The zero-order chi connectivity index (χ0) is 13.3. The predicted octanol–water partition coefficient (Wildman–Crippen LogP) is 3.00. The van der Waals surface area contributed by atoms with E-state index in [0.29, 0.717) is 13.1 Å². The van der Waals surface area contributed by atoms with Crippen LogP contribution in [0.2, 0.25) is 5.02 Å². The lowest BCUT2D eigenvalue weighted by Crippen LogP contribution is -2.28. The maximum Gasteiger partial charge on any atom is 0.246 e. The number of hydrogen-bond acceptors (Lipinski definition) is 2. The highest BCUT2D eigenvalue weighted by atomic mass is 35.5. The summed E-state index contributed by atoms with van der Waals surface area (Å²) in [6.07, 6.45) is 1.59. The van der Waals surface area contributed by atoms with Crippen molar-refractivity contribution in [3.8, 4) is 0 Å². The molecule has 0 atom stereocenters. The summed E-state index contributed by atoms with van der Waals surface area (Å²) in [4.78, 5) is -0.382. The molecule has 0 N–H and O–H groups in total. The molecule has 18 heavy (non-hydrogen) atoms. The number of halogens is 3. The topological polar surface area (TPSA) is 37.4 Å². The molecule has 1 aromatic carbocycles. The molecule has 0 saturated carbocycles. The van der Waals surface area contributed by atoms with Crippen molar-refractivity contribution in [2.24, 2.45) is 0 Å². The van der Waals surface area contributed by atoms with Crippen LogP contribution in [-0.2, 0) is 15.9 Å². The molecule has 1 saturated heterocycles. The Balaban J connectivity index is 2.53. The molecule has 1 aliphatic heterocycles. The van der Waals surface area contributed by atoms with Gasteiger partial charge in [0, 0.05) is 23.7 Å². The molecule has 100 valence electrons. The van der Waals surface area contributed by atoms with E-state index >= 15 is 0 Å². The van der Waals surface area contributed by atoms with Gasteiger partial charge in [-0.1, -0.05) is 11.6 Å². The van der Waals surface area contributed by atoms with Crippen LogP contribution in [0.15, 0.2) is 17.0 Å². The molecule has 0 amide bonds. The highest BCUT2D eigenvalue weighted by molar-refractivity contribution is 7.89. The summed E-state index contributed by atoms with van der Waals surface area (Å²) in [6.45, 7) is 0.842. The molecule has 1 aromatic rings. The number of benzene rings is 1. The third-order valence-corrected chi connectivity index (χ3v) is 5.31. The lowest BCUT2D eigenvalue weighted by molar-refractivity contribution is 0.469. The summed E-state index contributed by atoms with van der Waals surface area (Å²) in [7, 11) is -3.81. The maximum atomic E-state index is 14.1. The van der Waals surface area contributed by atoms with E-state index in [-0.39, 0.29) is 21.4 Å². The first-order valence-electron chi connectivity index (χ1n) is 5.51. The summed E-state index contributed by atoms with van der Waals surface area (Å²) < 4.78 is 39.9. The van der Waals surface area contributed by atoms with E-state index in [0.717, 1.165) is 18.9 Å². The fourth-order valence-electron chi connectivity index (χ4n) is 1.97. The van der Waals surface area contributed by atoms with E-state index in [4.69, 9.17) is 23.2 Å². The van der Waals surface area contributed by atoms with Crippen molar-refractivity contribution in [2.45, 2.75) is 23.6 Å². The van der Waals surface area contributed by atoms with Crippen molar-refractivity contribution in [1.29, 1.82) is 0 Å². The van der Waals surface area contributed by atoms with E-state index in [9.17, 15) is 12.8 Å². The largest absolute Gasteiger partial charge is 0.246 e. The first-order chi connectivity index (χ1) is 8.46.